The lowest BCUT2D eigenvalue weighted by Gasteiger charge is -2.27. The number of rotatable bonds is 10. The van der Waals surface area contributed by atoms with Gasteiger partial charge in [-0.2, -0.15) is 0 Å². The summed E-state index contributed by atoms with van der Waals surface area (Å²) in [5.41, 5.74) is 0.152. The summed E-state index contributed by atoms with van der Waals surface area (Å²) >= 11 is 0. The quantitative estimate of drug-likeness (QED) is 0.361. The van der Waals surface area contributed by atoms with Crippen molar-refractivity contribution in [2.45, 2.75) is 76.9 Å². The third-order valence-corrected chi connectivity index (χ3v) is 5.24. The lowest BCUT2D eigenvalue weighted by atomic mass is 10.1. The number of benzene rings is 1. The largest absolute Gasteiger partial charge is 0.480 e. The number of aliphatic hydroxyl groups excluding tert-OH is 1. The number of ether oxygens (including phenoxy) is 2. The molecule has 1 aromatic carbocycles. The minimum Gasteiger partial charge on any atom is -0.480 e. The zero-order valence-electron chi connectivity index (χ0n) is 20.4. The van der Waals surface area contributed by atoms with Crippen LogP contribution >= 0.6 is 0 Å². The third kappa shape index (κ3) is 9.81. The molecule has 11 heteroatoms. The van der Waals surface area contributed by atoms with E-state index in [1.54, 1.807) is 45.0 Å². The predicted molar refractivity (Wildman–Crippen MR) is 125 cm³/mol. The Bertz CT molecular complexity index is 871. The number of amides is 3. The van der Waals surface area contributed by atoms with Crippen molar-refractivity contribution in [1.29, 1.82) is 0 Å². The molecule has 2 rings (SSSR count). The van der Waals surface area contributed by atoms with Crippen molar-refractivity contribution in [2.75, 3.05) is 13.1 Å². The van der Waals surface area contributed by atoms with Gasteiger partial charge in [0.05, 0.1) is 6.10 Å². The Labute approximate surface area is 204 Å². The van der Waals surface area contributed by atoms with E-state index in [2.05, 4.69) is 10.6 Å². The highest BCUT2D eigenvalue weighted by atomic mass is 16.6. The fraction of sp³-hybridized carbons (Fsp3) is 0.583. The molecule has 1 saturated heterocycles. The van der Waals surface area contributed by atoms with Gasteiger partial charge < -0.3 is 35.2 Å². The third-order valence-electron chi connectivity index (χ3n) is 5.24. The summed E-state index contributed by atoms with van der Waals surface area (Å²) in [5, 5.41) is 24.5. The van der Waals surface area contributed by atoms with Gasteiger partial charge in [0, 0.05) is 19.5 Å². The van der Waals surface area contributed by atoms with Crippen molar-refractivity contribution in [3.8, 4) is 0 Å². The maximum absolute atomic E-state index is 13.1. The smallest absolute Gasteiger partial charge is 0.408 e. The van der Waals surface area contributed by atoms with Gasteiger partial charge in [-0.25, -0.2) is 14.4 Å². The van der Waals surface area contributed by atoms with E-state index < -0.39 is 47.9 Å². The topological polar surface area (TPSA) is 154 Å². The maximum Gasteiger partial charge on any atom is 0.408 e. The van der Waals surface area contributed by atoms with E-state index in [4.69, 9.17) is 9.47 Å². The lowest BCUT2D eigenvalue weighted by molar-refractivity contribution is -0.149. The van der Waals surface area contributed by atoms with Gasteiger partial charge in [0.1, 0.15) is 24.3 Å². The van der Waals surface area contributed by atoms with Gasteiger partial charge in [-0.3, -0.25) is 4.79 Å². The molecule has 4 N–H and O–H groups in total. The first-order valence-electron chi connectivity index (χ1n) is 11.6. The number of nitrogens with one attached hydrogen (secondary N) is 2. The summed E-state index contributed by atoms with van der Waals surface area (Å²) in [6, 6.07) is 6.80. The van der Waals surface area contributed by atoms with Crippen LogP contribution in [0.2, 0.25) is 0 Å². The second-order valence-electron chi connectivity index (χ2n) is 9.42. The number of carbonyl (C=O) groups is 4. The minimum atomic E-state index is -1.22. The minimum absolute atomic E-state index is 0.00751. The van der Waals surface area contributed by atoms with Gasteiger partial charge in [-0.15, -0.1) is 0 Å². The molecule has 3 amide bonds. The summed E-state index contributed by atoms with van der Waals surface area (Å²) in [6.07, 6.45) is -1.27. The van der Waals surface area contributed by atoms with Gasteiger partial charge >= 0.3 is 18.2 Å². The first kappa shape index (κ1) is 27.9. The number of β-amino-alcohol motifs (C(OH)–C–C–N with tert-alkyl or cyclic N) is 1. The number of unbranched alkanes of at least 4 members (excludes halogenated alkanes) is 1. The Morgan fingerprint density at radius 3 is 2.43 bits per heavy atom. The van der Waals surface area contributed by atoms with Crippen molar-refractivity contribution in [3.63, 3.8) is 0 Å². The molecule has 35 heavy (non-hydrogen) atoms. The number of aliphatic hydroxyl groups is 1. The molecular formula is C24H35N3O8. The molecule has 3 atom stereocenters. The fourth-order valence-corrected chi connectivity index (χ4v) is 3.63. The molecule has 0 aliphatic carbocycles. The van der Waals surface area contributed by atoms with E-state index in [9.17, 15) is 29.4 Å². The summed E-state index contributed by atoms with van der Waals surface area (Å²) < 4.78 is 10.4. The molecule has 0 saturated carbocycles. The van der Waals surface area contributed by atoms with Crippen molar-refractivity contribution in [3.05, 3.63) is 35.9 Å². The van der Waals surface area contributed by atoms with Crippen LogP contribution in [0.4, 0.5) is 9.59 Å². The molecule has 0 bridgehead atoms. The van der Waals surface area contributed by atoms with Gasteiger partial charge in [0.2, 0.25) is 5.91 Å². The Morgan fingerprint density at radius 1 is 1.11 bits per heavy atom. The number of hydrogen-bond donors (Lipinski definition) is 4. The zero-order valence-corrected chi connectivity index (χ0v) is 20.4. The fourth-order valence-electron chi connectivity index (χ4n) is 3.63. The number of carbonyl (C=O) groups excluding carboxylic acids is 3. The number of aliphatic carboxylic acids is 1. The summed E-state index contributed by atoms with van der Waals surface area (Å²) in [6.45, 7) is 5.44. The van der Waals surface area contributed by atoms with Gasteiger partial charge in [-0.1, -0.05) is 30.3 Å². The Balaban J connectivity index is 1.95. The van der Waals surface area contributed by atoms with Crippen LogP contribution in [-0.2, 0) is 25.7 Å². The zero-order chi connectivity index (χ0) is 26.0. The Kier molecular flexibility index (Phi) is 10.3. The molecule has 1 fully saturated rings. The average Bonchev–Trinajstić information content (AvgIpc) is 3.17. The van der Waals surface area contributed by atoms with Crippen molar-refractivity contribution < 1.29 is 38.9 Å². The number of hydrogen-bond acceptors (Lipinski definition) is 7. The van der Waals surface area contributed by atoms with Crippen LogP contribution in [0.5, 0.6) is 0 Å². The Morgan fingerprint density at radius 2 is 1.80 bits per heavy atom. The van der Waals surface area contributed by atoms with Gasteiger partial charge in [-0.05, 0) is 45.6 Å². The van der Waals surface area contributed by atoms with E-state index in [0.29, 0.717) is 19.4 Å². The molecule has 0 unspecified atom stereocenters. The van der Waals surface area contributed by atoms with Crippen molar-refractivity contribution in [1.82, 2.24) is 15.5 Å². The van der Waals surface area contributed by atoms with E-state index in [-0.39, 0.29) is 26.0 Å². The maximum atomic E-state index is 13.1. The normalized spacial score (nSPS) is 18.5. The van der Waals surface area contributed by atoms with E-state index >= 15 is 0 Å². The Hall–Kier alpha value is -3.34. The summed E-state index contributed by atoms with van der Waals surface area (Å²) in [5.74, 6) is -1.83. The van der Waals surface area contributed by atoms with Gasteiger partial charge in [0.15, 0.2) is 0 Å². The second-order valence-corrected chi connectivity index (χ2v) is 9.42. The van der Waals surface area contributed by atoms with Crippen LogP contribution in [-0.4, -0.2) is 76.1 Å². The van der Waals surface area contributed by atoms with Crippen molar-refractivity contribution >= 4 is 24.1 Å². The van der Waals surface area contributed by atoms with Crippen LogP contribution in [0.3, 0.4) is 0 Å². The van der Waals surface area contributed by atoms with Crippen LogP contribution in [0.15, 0.2) is 30.3 Å². The summed E-state index contributed by atoms with van der Waals surface area (Å²) in [4.78, 5) is 49.9. The standard InChI is InChI=1S/C24H35N3O8/c1-24(2,3)35-22(32)25-12-8-7-11-18(20(29)27-14-17(28)13-19(27)21(30)31)26-23(33)34-15-16-9-5-4-6-10-16/h4-6,9-10,17-19,28H,7-8,11-15H2,1-3H3,(H,25,32)(H,26,33)(H,30,31)/t17-,18+,19+/m1/s1. The molecule has 1 aliphatic rings. The second kappa shape index (κ2) is 12.9. The molecule has 1 aliphatic heterocycles. The van der Waals surface area contributed by atoms with Crippen LogP contribution in [0, 0.1) is 0 Å². The first-order valence-corrected chi connectivity index (χ1v) is 11.6. The van der Waals surface area contributed by atoms with E-state index in [0.717, 1.165) is 10.5 Å². The monoisotopic (exact) mass is 493 g/mol. The molecule has 1 aromatic rings. The number of carboxylic acid groups (broad SMARTS) is 1. The lowest BCUT2D eigenvalue weighted by Crippen LogP contribution is -2.52. The molecule has 1 heterocycles. The highest BCUT2D eigenvalue weighted by Gasteiger charge is 2.41. The SMILES string of the molecule is CC(C)(C)OC(=O)NCCCC[C@H](NC(=O)OCc1ccccc1)C(=O)N1C[C@H](O)C[C@H]1C(=O)O. The molecule has 194 valence electrons. The van der Waals surface area contributed by atoms with E-state index in [1.165, 1.54) is 0 Å². The number of likely N-dealkylation sites (tertiary alicyclic amines) is 1. The predicted octanol–water partition coefficient (Wildman–Crippen LogP) is 2.02. The molecule has 0 spiro atoms. The first-order chi connectivity index (χ1) is 16.5. The summed E-state index contributed by atoms with van der Waals surface area (Å²) in [7, 11) is 0. The molecule has 0 aromatic heterocycles. The van der Waals surface area contributed by atoms with Crippen LogP contribution < -0.4 is 10.6 Å². The highest BCUT2D eigenvalue weighted by Crippen LogP contribution is 2.20. The molecular weight excluding hydrogens is 458 g/mol. The van der Waals surface area contributed by atoms with E-state index in [1.807, 2.05) is 6.07 Å². The number of alkyl carbamates (subject to hydrolysis) is 2. The number of carboxylic acids is 1. The number of nitrogens with zero attached hydrogens (tertiary/aromatic N) is 1. The molecule has 11 nitrogen and oxygen atoms in total. The van der Waals surface area contributed by atoms with Gasteiger partial charge in [0.25, 0.3) is 0 Å². The van der Waals surface area contributed by atoms with Crippen LogP contribution in [0.1, 0.15) is 52.0 Å². The van der Waals surface area contributed by atoms with Crippen molar-refractivity contribution in [2.24, 2.45) is 0 Å². The van der Waals surface area contributed by atoms with Crippen LogP contribution in [0.25, 0.3) is 0 Å². The molecule has 0 radical (unpaired) electrons. The highest BCUT2D eigenvalue weighted by molar-refractivity contribution is 5.89. The average molecular weight is 494 g/mol.